The second-order valence-corrected chi connectivity index (χ2v) is 4.07. The predicted octanol–water partition coefficient (Wildman–Crippen LogP) is 2.25. The van der Waals surface area contributed by atoms with E-state index in [1.165, 1.54) is 6.42 Å². The molecule has 0 bridgehead atoms. The molecule has 0 aliphatic heterocycles. The Balaban J connectivity index is 1.80. The zero-order valence-electron chi connectivity index (χ0n) is 9.00. The van der Waals surface area contributed by atoms with Gasteiger partial charge in [0, 0.05) is 18.3 Å². The number of nitrogens with one attached hydrogen (secondary N) is 1. The van der Waals surface area contributed by atoms with E-state index in [4.69, 9.17) is 0 Å². The van der Waals surface area contributed by atoms with Crippen molar-refractivity contribution in [1.29, 1.82) is 0 Å². The molecule has 4 heteroatoms. The molecule has 82 valence electrons. The van der Waals surface area contributed by atoms with E-state index < -0.39 is 0 Å². The average Bonchev–Trinajstić information content (AvgIpc) is 2.77. The Morgan fingerprint density at radius 1 is 1.31 bits per heavy atom. The van der Waals surface area contributed by atoms with Crippen molar-refractivity contribution in [1.82, 2.24) is 14.6 Å². The number of rotatable bonds is 2. The van der Waals surface area contributed by atoms with Crippen molar-refractivity contribution in [3.05, 3.63) is 36.7 Å². The Labute approximate surface area is 94.0 Å². The first-order valence-electron chi connectivity index (χ1n) is 5.64. The van der Waals surface area contributed by atoms with Gasteiger partial charge in [-0.3, -0.25) is 0 Å². The van der Waals surface area contributed by atoms with Crippen LogP contribution in [0, 0.1) is 0 Å². The molecule has 1 N–H and O–H groups in total. The smallest absolute Gasteiger partial charge is 0.157 e. The summed E-state index contributed by atoms with van der Waals surface area (Å²) in [6.45, 7) is 0. The minimum atomic E-state index is 0.517. The highest BCUT2D eigenvalue weighted by molar-refractivity contribution is 5.46. The lowest BCUT2D eigenvalue weighted by atomic mass is 10.0. The largest absolute Gasteiger partial charge is 0.367 e. The highest BCUT2D eigenvalue weighted by Crippen LogP contribution is 2.16. The van der Waals surface area contributed by atoms with Gasteiger partial charge < -0.3 is 5.32 Å². The van der Waals surface area contributed by atoms with E-state index in [9.17, 15) is 0 Å². The molecule has 0 spiro atoms. The summed E-state index contributed by atoms with van der Waals surface area (Å²) in [7, 11) is 0. The van der Waals surface area contributed by atoms with Crippen LogP contribution < -0.4 is 5.32 Å². The number of nitrogens with zero attached hydrogens (tertiary/aromatic N) is 3. The molecule has 0 fully saturated rings. The fourth-order valence-corrected chi connectivity index (χ4v) is 2.03. The van der Waals surface area contributed by atoms with Crippen molar-refractivity contribution >= 4 is 11.5 Å². The summed E-state index contributed by atoms with van der Waals surface area (Å²) < 4.78 is 1.77. The molecule has 16 heavy (non-hydrogen) atoms. The fourth-order valence-electron chi connectivity index (χ4n) is 2.03. The lowest BCUT2D eigenvalue weighted by molar-refractivity contribution is 0.642. The summed E-state index contributed by atoms with van der Waals surface area (Å²) in [5.74, 6) is 0.938. The summed E-state index contributed by atoms with van der Waals surface area (Å²) in [6.07, 6.45) is 11.6. The number of hydrogen-bond acceptors (Lipinski definition) is 3. The molecule has 2 heterocycles. The van der Waals surface area contributed by atoms with Gasteiger partial charge in [-0.15, -0.1) is 0 Å². The summed E-state index contributed by atoms with van der Waals surface area (Å²) in [6, 6.07) is 4.40. The van der Waals surface area contributed by atoms with Gasteiger partial charge in [0.25, 0.3) is 0 Å². The molecule has 1 atom stereocenters. The van der Waals surface area contributed by atoms with Gasteiger partial charge in [-0.1, -0.05) is 12.2 Å². The molecule has 0 saturated carbocycles. The van der Waals surface area contributed by atoms with E-state index in [-0.39, 0.29) is 0 Å². The van der Waals surface area contributed by atoms with E-state index in [0.717, 1.165) is 24.3 Å². The maximum Gasteiger partial charge on any atom is 0.157 e. The third-order valence-corrected chi connectivity index (χ3v) is 2.88. The van der Waals surface area contributed by atoms with Crippen LogP contribution in [0.2, 0.25) is 0 Å². The first-order chi connectivity index (χ1) is 7.92. The first kappa shape index (κ1) is 9.39. The molecule has 0 radical (unpaired) electrons. The lowest BCUT2D eigenvalue weighted by Crippen LogP contribution is -2.21. The van der Waals surface area contributed by atoms with Crippen LogP contribution in [0.1, 0.15) is 19.3 Å². The highest BCUT2D eigenvalue weighted by Gasteiger charge is 2.10. The average molecular weight is 214 g/mol. The molecular formula is C12H14N4. The minimum absolute atomic E-state index is 0.517. The van der Waals surface area contributed by atoms with E-state index in [1.54, 1.807) is 10.7 Å². The van der Waals surface area contributed by atoms with Crippen LogP contribution in [0.25, 0.3) is 5.65 Å². The van der Waals surface area contributed by atoms with Gasteiger partial charge in [0.05, 0.1) is 6.20 Å². The third kappa shape index (κ3) is 1.78. The second-order valence-electron chi connectivity index (χ2n) is 4.07. The number of fused-ring (bicyclic) bond motifs is 1. The monoisotopic (exact) mass is 214 g/mol. The van der Waals surface area contributed by atoms with Crippen molar-refractivity contribution in [2.45, 2.75) is 25.3 Å². The third-order valence-electron chi connectivity index (χ3n) is 2.88. The van der Waals surface area contributed by atoms with Crippen molar-refractivity contribution in [3.63, 3.8) is 0 Å². The van der Waals surface area contributed by atoms with Gasteiger partial charge in [-0.2, -0.15) is 5.10 Å². The number of hydrogen-bond donors (Lipinski definition) is 1. The van der Waals surface area contributed by atoms with Gasteiger partial charge in [-0.25, -0.2) is 9.50 Å². The van der Waals surface area contributed by atoms with Crippen LogP contribution >= 0.6 is 0 Å². The van der Waals surface area contributed by atoms with Crippen LogP contribution in [0.15, 0.2) is 36.7 Å². The normalized spacial score (nSPS) is 20.1. The Morgan fingerprint density at radius 2 is 2.31 bits per heavy atom. The topological polar surface area (TPSA) is 42.2 Å². The lowest BCUT2D eigenvalue weighted by Gasteiger charge is -2.19. The highest BCUT2D eigenvalue weighted by atomic mass is 15.2. The van der Waals surface area contributed by atoms with Crippen molar-refractivity contribution in [3.8, 4) is 0 Å². The summed E-state index contributed by atoms with van der Waals surface area (Å²) in [4.78, 5) is 4.49. The standard InChI is InChI=1S/C12H14N4/c1-2-4-10(5-3-1)14-11-7-9-16-12(15-11)6-8-13-16/h1-2,6-10H,3-5H2,(H,14,15). The molecule has 3 rings (SSSR count). The van der Waals surface area contributed by atoms with Crippen LogP contribution in [-0.2, 0) is 0 Å². The molecule has 0 saturated heterocycles. The number of aromatic nitrogens is 3. The van der Waals surface area contributed by atoms with Crippen LogP contribution in [-0.4, -0.2) is 20.6 Å². The van der Waals surface area contributed by atoms with E-state index >= 15 is 0 Å². The molecule has 1 aliphatic rings. The minimum Gasteiger partial charge on any atom is -0.367 e. The molecule has 0 amide bonds. The van der Waals surface area contributed by atoms with Crippen LogP contribution in [0.3, 0.4) is 0 Å². The predicted molar refractivity (Wildman–Crippen MR) is 63.4 cm³/mol. The Morgan fingerprint density at radius 3 is 3.19 bits per heavy atom. The first-order valence-corrected chi connectivity index (χ1v) is 5.64. The van der Waals surface area contributed by atoms with E-state index in [1.807, 2.05) is 18.3 Å². The summed E-state index contributed by atoms with van der Waals surface area (Å²) in [5.41, 5.74) is 0.886. The van der Waals surface area contributed by atoms with Crippen molar-refractivity contribution in [2.75, 3.05) is 5.32 Å². The van der Waals surface area contributed by atoms with Crippen LogP contribution in [0.5, 0.6) is 0 Å². The Bertz CT molecular complexity index is 514. The molecule has 1 unspecified atom stereocenters. The number of anilines is 1. The van der Waals surface area contributed by atoms with Crippen molar-refractivity contribution in [2.24, 2.45) is 0 Å². The van der Waals surface area contributed by atoms with Gasteiger partial charge in [0.15, 0.2) is 5.65 Å². The maximum atomic E-state index is 4.49. The van der Waals surface area contributed by atoms with Crippen molar-refractivity contribution < 1.29 is 0 Å². The van der Waals surface area contributed by atoms with E-state index in [0.29, 0.717) is 6.04 Å². The molecule has 2 aromatic heterocycles. The SMILES string of the molecule is C1=CCC(Nc2ccn3nccc3n2)CC1. The summed E-state index contributed by atoms with van der Waals surface area (Å²) in [5, 5.41) is 7.58. The zero-order valence-corrected chi connectivity index (χ0v) is 9.00. The number of allylic oxidation sites excluding steroid dienone is 1. The molecular weight excluding hydrogens is 200 g/mol. The Kier molecular flexibility index (Phi) is 2.33. The zero-order chi connectivity index (χ0) is 10.8. The van der Waals surface area contributed by atoms with Gasteiger partial charge in [0.1, 0.15) is 5.82 Å². The Hall–Kier alpha value is -1.84. The van der Waals surface area contributed by atoms with Gasteiger partial charge >= 0.3 is 0 Å². The van der Waals surface area contributed by atoms with Gasteiger partial charge in [-0.05, 0) is 25.3 Å². The summed E-state index contributed by atoms with van der Waals surface area (Å²) >= 11 is 0. The molecule has 2 aromatic rings. The second kappa shape index (κ2) is 3.96. The van der Waals surface area contributed by atoms with E-state index in [2.05, 4.69) is 27.6 Å². The fraction of sp³-hybridized carbons (Fsp3) is 0.333. The molecule has 4 nitrogen and oxygen atoms in total. The van der Waals surface area contributed by atoms with Gasteiger partial charge in [0.2, 0.25) is 0 Å². The molecule has 0 aromatic carbocycles. The quantitative estimate of drug-likeness (QED) is 0.780. The maximum absolute atomic E-state index is 4.49. The molecule has 1 aliphatic carbocycles. The van der Waals surface area contributed by atoms with Crippen LogP contribution in [0.4, 0.5) is 5.82 Å².